The normalized spacial score (nSPS) is 25.2. The predicted octanol–water partition coefficient (Wildman–Crippen LogP) is 4.68. The first-order valence-electron chi connectivity index (χ1n) is 11.2. The van der Waals surface area contributed by atoms with Crippen molar-refractivity contribution in [1.82, 2.24) is 0 Å². The zero-order valence-corrected chi connectivity index (χ0v) is 18.7. The first-order valence-corrected chi connectivity index (χ1v) is 12.6. The lowest BCUT2D eigenvalue weighted by molar-refractivity contribution is -0.405. The van der Waals surface area contributed by atoms with Crippen LogP contribution in [0.2, 0.25) is 0 Å². The molecule has 3 heterocycles. The van der Waals surface area contributed by atoms with Crippen LogP contribution in [-0.2, 0) is 27.7 Å². The summed E-state index contributed by atoms with van der Waals surface area (Å²) in [6, 6.07) is 0. The molecule has 0 amide bonds. The van der Waals surface area contributed by atoms with Crippen LogP contribution in [0, 0.1) is 0 Å². The molecular weight excluding hydrogens is 411 g/mol. The van der Waals surface area contributed by atoms with E-state index in [1.54, 1.807) is 0 Å². The highest BCUT2D eigenvalue weighted by Crippen LogP contribution is 2.80. The maximum atomic E-state index is 12.0. The third-order valence-electron chi connectivity index (χ3n) is 5.35. The number of unbranched alkanes of at least 4 members (excludes halogenated alkanes) is 11. The highest BCUT2D eigenvalue weighted by Gasteiger charge is 2.82. The van der Waals surface area contributed by atoms with Gasteiger partial charge in [-0.25, -0.2) is 18.1 Å². The fraction of sp³-hybridized carbons (Fsp3) is 0.810. The van der Waals surface area contributed by atoms with Crippen molar-refractivity contribution in [3.8, 4) is 0 Å². The maximum absolute atomic E-state index is 12.0. The maximum Gasteiger partial charge on any atom is 0.489 e. The molecule has 2 N–H and O–H groups in total. The van der Waals surface area contributed by atoms with Crippen molar-refractivity contribution in [1.29, 1.82) is 0 Å². The standard InChI is InChI=1S/C21H35O8P/c1-2-3-4-5-6-7-8-9-10-11-12-13-14-15-16-17-18(22)20(24,25)19(23)21-27-30(26,28-21)29-21/h9-10,24-25H,2-8,11-17H2,1H3/b10-9+. The Labute approximate surface area is 178 Å². The molecule has 0 spiro atoms. The average Bonchev–Trinajstić information content (AvgIpc) is 2.66. The number of allylic oxidation sites excluding steroid dienone is 2. The zero-order valence-electron chi connectivity index (χ0n) is 17.8. The van der Waals surface area contributed by atoms with Crippen molar-refractivity contribution < 1.29 is 37.9 Å². The molecule has 9 heteroatoms. The lowest BCUT2D eigenvalue weighted by Gasteiger charge is -2.54. The molecule has 30 heavy (non-hydrogen) atoms. The van der Waals surface area contributed by atoms with Crippen LogP contribution in [-0.4, -0.2) is 33.5 Å². The van der Waals surface area contributed by atoms with Crippen molar-refractivity contribution in [2.24, 2.45) is 0 Å². The third kappa shape index (κ3) is 6.81. The van der Waals surface area contributed by atoms with Gasteiger partial charge in [-0.05, 0) is 32.1 Å². The summed E-state index contributed by atoms with van der Waals surface area (Å²) in [4.78, 5) is 23.9. The first kappa shape index (κ1) is 25.4. The van der Waals surface area contributed by atoms with Gasteiger partial charge in [-0.2, -0.15) is 0 Å². The van der Waals surface area contributed by atoms with E-state index in [0.29, 0.717) is 6.42 Å². The van der Waals surface area contributed by atoms with Crippen LogP contribution in [0.1, 0.15) is 96.8 Å². The number of ketones is 2. The number of aliphatic hydroxyl groups is 2. The average molecular weight is 446 g/mol. The molecule has 0 saturated carbocycles. The topological polar surface area (TPSA) is 119 Å². The predicted molar refractivity (Wildman–Crippen MR) is 110 cm³/mol. The molecule has 172 valence electrons. The lowest BCUT2D eigenvalue weighted by Crippen LogP contribution is -2.69. The number of rotatable bonds is 18. The largest absolute Gasteiger partial charge is 0.489 e. The van der Waals surface area contributed by atoms with Crippen LogP contribution in [0.4, 0.5) is 0 Å². The van der Waals surface area contributed by atoms with Crippen molar-refractivity contribution in [2.45, 2.75) is 109 Å². The fourth-order valence-electron chi connectivity index (χ4n) is 3.46. The Morgan fingerprint density at radius 2 is 1.30 bits per heavy atom. The van der Waals surface area contributed by atoms with Crippen LogP contribution < -0.4 is 0 Å². The fourth-order valence-corrected chi connectivity index (χ4v) is 4.63. The van der Waals surface area contributed by atoms with E-state index >= 15 is 0 Å². The van der Waals surface area contributed by atoms with E-state index in [0.717, 1.165) is 38.5 Å². The quantitative estimate of drug-likeness (QED) is 0.102. The van der Waals surface area contributed by atoms with Gasteiger partial charge in [-0.1, -0.05) is 70.4 Å². The van der Waals surface area contributed by atoms with Crippen molar-refractivity contribution in [3.05, 3.63) is 12.2 Å². The Hall–Kier alpha value is -0.890. The SMILES string of the molecule is CCCCCCCC/C=C/CCCCCCCC(=O)C(O)(O)C(=O)C12OP(=O)(O1)O2. The molecule has 0 aromatic heterocycles. The highest BCUT2D eigenvalue weighted by molar-refractivity contribution is 7.52. The molecule has 0 aromatic carbocycles. The van der Waals surface area contributed by atoms with Gasteiger partial charge in [-0.15, -0.1) is 0 Å². The molecule has 3 fully saturated rings. The monoisotopic (exact) mass is 446 g/mol. The third-order valence-corrected chi connectivity index (χ3v) is 6.74. The second-order valence-corrected chi connectivity index (χ2v) is 9.48. The minimum absolute atomic E-state index is 0.162. The Kier molecular flexibility index (Phi) is 9.85. The summed E-state index contributed by atoms with van der Waals surface area (Å²) in [6.07, 6.45) is 18.7. The van der Waals surface area contributed by atoms with E-state index in [4.69, 9.17) is 0 Å². The number of Topliss-reactive ketones (excluding diaryl/α,β-unsaturated/α-hetero) is 2. The minimum atomic E-state index is -3.65. The van der Waals surface area contributed by atoms with Gasteiger partial charge in [0, 0.05) is 6.42 Å². The number of hydrogen-bond donors (Lipinski definition) is 2. The highest BCUT2D eigenvalue weighted by atomic mass is 31.2. The number of carbonyl (C=O) groups excluding carboxylic acids is 2. The molecule has 2 bridgehead atoms. The molecule has 0 aliphatic carbocycles. The Bertz CT molecular complexity index is 631. The first-order chi connectivity index (χ1) is 14.3. The van der Waals surface area contributed by atoms with Gasteiger partial charge in [0.25, 0.3) is 11.6 Å². The van der Waals surface area contributed by atoms with E-state index < -0.39 is 31.1 Å². The van der Waals surface area contributed by atoms with Crippen molar-refractivity contribution in [3.63, 3.8) is 0 Å². The van der Waals surface area contributed by atoms with E-state index in [-0.39, 0.29) is 6.42 Å². The summed E-state index contributed by atoms with van der Waals surface area (Å²) < 4.78 is 24.6. The van der Waals surface area contributed by atoms with E-state index in [1.165, 1.54) is 38.5 Å². The van der Waals surface area contributed by atoms with Gasteiger partial charge in [0.1, 0.15) is 0 Å². The van der Waals surface area contributed by atoms with Gasteiger partial charge in [0.2, 0.25) is 0 Å². The molecule has 0 radical (unpaired) electrons. The number of phosphoric acid groups is 1. The van der Waals surface area contributed by atoms with Crippen molar-refractivity contribution in [2.75, 3.05) is 0 Å². The summed E-state index contributed by atoms with van der Waals surface area (Å²) in [6.45, 7) is 2.23. The van der Waals surface area contributed by atoms with Gasteiger partial charge < -0.3 is 10.2 Å². The second kappa shape index (κ2) is 11.7. The molecule has 0 atom stereocenters. The van der Waals surface area contributed by atoms with Crippen LogP contribution in [0.25, 0.3) is 0 Å². The zero-order chi connectivity index (χ0) is 22.1. The van der Waals surface area contributed by atoms with Crippen LogP contribution in [0.15, 0.2) is 12.2 Å². The van der Waals surface area contributed by atoms with Gasteiger partial charge in [0.15, 0.2) is 5.78 Å². The van der Waals surface area contributed by atoms with Crippen LogP contribution in [0.3, 0.4) is 0 Å². The summed E-state index contributed by atoms with van der Waals surface area (Å²) in [5.41, 5.74) is 0. The van der Waals surface area contributed by atoms with E-state index in [2.05, 4.69) is 32.6 Å². The van der Waals surface area contributed by atoms with Gasteiger partial charge in [-0.3, -0.25) is 9.59 Å². The minimum Gasteiger partial charge on any atom is -0.354 e. The van der Waals surface area contributed by atoms with Crippen LogP contribution >= 0.6 is 7.82 Å². The smallest absolute Gasteiger partial charge is 0.354 e. The Morgan fingerprint density at radius 3 is 1.80 bits per heavy atom. The lowest BCUT2D eigenvalue weighted by atomic mass is 9.99. The summed E-state index contributed by atoms with van der Waals surface area (Å²) in [5.74, 6) is -8.21. The number of hydrogen-bond acceptors (Lipinski definition) is 8. The molecule has 3 aliphatic heterocycles. The van der Waals surface area contributed by atoms with Gasteiger partial charge >= 0.3 is 13.8 Å². The van der Waals surface area contributed by atoms with E-state index in [9.17, 15) is 24.4 Å². The molecule has 0 unspecified atom stereocenters. The summed E-state index contributed by atoms with van der Waals surface area (Å²) in [7, 11) is -3.65. The van der Waals surface area contributed by atoms with Gasteiger partial charge in [0.05, 0.1) is 0 Å². The van der Waals surface area contributed by atoms with Crippen molar-refractivity contribution >= 4 is 19.4 Å². The Balaban J connectivity index is 1.44. The molecule has 3 rings (SSSR count). The summed E-state index contributed by atoms with van der Waals surface area (Å²) in [5, 5.41) is 19.6. The second-order valence-electron chi connectivity index (χ2n) is 8.04. The van der Waals surface area contributed by atoms with Crippen LogP contribution in [0.5, 0.6) is 0 Å². The molecule has 3 saturated heterocycles. The Morgan fingerprint density at radius 1 is 0.833 bits per heavy atom. The van der Waals surface area contributed by atoms with E-state index in [1.807, 2.05) is 0 Å². The molecule has 0 aromatic rings. The molecule has 3 aliphatic rings. The molecule has 8 nitrogen and oxygen atoms in total. The summed E-state index contributed by atoms with van der Waals surface area (Å²) >= 11 is 0. The number of phosphoric ester groups is 1. The number of carbonyl (C=O) groups is 2. The molecular formula is C21H35O8P.